The fraction of sp³-hybridized carbons (Fsp3) is 0.333. The van der Waals surface area contributed by atoms with Crippen molar-refractivity contribution in [2.45, 2.75) is 12.9 Å². The summed E-state index contributed by atoms with van der Waals surface area (Å²) in [5.41, 5.74) is 4.46. The summed E-state index contributed by atoms with van der Waals surface area (Å²) < 4.78 is 39.7. The Hall–Kier alpha value is -2.03. The molecule has 0 unspecified atom stereocenters. The van der Waals surface area contributed by atoms with E-state index in [-0.39, 0.29) is 12.1 Å². The summed E-state index contributed by atoms with van der Waals surface area (Å²) in [6, 6.07) is 2.68. The van der Waals surface area contributed by atoms with E-state index in [2.05, 4.69) is 9.89 Å². The number of nitrogens with zero attached hydrogens (tertiary/aromatic N) is 2. The molecule has 0 aliphatic rings. The molecule has 0 atom stereocenters. The average molecular weight is 265 g/mol. The van der Waals surface area contributed by atoms with Crippen LogP contribution < -0.4 is 11.3 Å². The second-order valence-corrected chi connectivity index (χ2v) is 3.20. The Balaban J connectivity index is 2.83. The van der Waals surface area contributed by atoms with Crippen molar-refractivity contribution in [3.63, 3.8) is 0 Å². The topological polar surface area (TPSA) is 89.8 Å². The minimum absolute atomic E-state index is 0.105. The van der Waals surface area contributed by atoms with Crippen LogP contribution in [0.4, 0.5) is 13.2 Å². The molecule has 9 heteroatoms. The predicted molar refractivity (Wildman–Crippen MR) is 55.2 cm³/mol. The molecule has 3 N–H and O–H groups in total. The molecule has 1 aromatic rings. The van der Waals surface area contributed by atoms with Gasteiger partial charge in [-0.2, -0.15) is 0 Å². The zero-order valence-electron chi connectivity index (χ0n) is 9.02. The Morgan fingerprint density at radius 3 is 2.78 bits per heavy atom. The van der Waals surface area contributed by atoms with Crippen LogP contribution in [0.1, 0.15) is 5.56 Å². The van der Waals surface area contributed by atoms with Gasteiger partial charge in [-0.15, -0.1) is 13.2 Å². The lowest BCUT2D eigenvalue weighted by molar-refractivity contribution is -0.325. The van der Waals surface area contributed by atoms with Crippen molar-refractivity contribution < 1.29 is 23.1 Å². The summed E-state index contributed by atoms with van der Waals surface area (Å²) in [7, 11) is 0. The first-order valence-corrected chi connectivity index (χ1v) is 4.73. The number of ether oxygens (including phenoxy) is 1. The fourth-order valence-electron chi connectivity index (χ4n) is 1.22. The average Bonchev–Trinajstić information content (AvgIpc) is 2.29. The highest BCUT2D eigenvalue weighted by molar-refractivity contribution is 5.96. The van der Waals surface area contributed by atoms with Crippen molar-refractivity contribution in [1.82, 2.24) is 4.57 Å². The maximum absolute atomic E-state index is 11.7. The van der Waals surface area contributed by atoms with Gasteiger partial charge in [0.2, 0.25) is 0 Å². The van der Waals surface area contributed by atoms with E-state index in [0.29, 0.717) is 0 Å². The van der Waals surface area contributed by atoms with Crippen LogP contribution in [0.3, 0.4) is 0 Å². The van der Waals surface area contributed by atoms with Gasteiger partial charge in [-0.1, -0.05) is 5.16 Å². The lowest BCUT2D eigenvalue weighted by atomic mass is 10.2. The molecular weight excluding hydrogens is 255 g/mol. The maximum atomic E-state index is 11.7. The molecule has 0 aliphatic carbocycles. The summed E-state index contributed by atoms with van der Waals surface area (Å²) >= 11 is 0. The normalized spacial score (nSPS) is 12.7. The number of hydrogen-bond donors (Lipinski definition) is 2. The molecule has 0 aliphatic heterocycles. The second kappa shape index (κ2) is 5.54. The number of amidine groups is 1. The van der Waals surface area contributed by atoms with Crippen molar-refractivity contribution in [1.29, 1.82) is 0 Å². The van der Waals surface area contributed by atoms with Crippen molar-refractivity contribution in [2.75, 3.05) is 6.61 Å². The number of hydrogen-bond acceptors (Lipinski definition) is 4. The Labute approximate surface area is 99.1 Å². The van der Waals surface area contributed by atoms with Gasteiger partial charge in [0.25, 0.3) is 5.56 Å². The SMILES string of the molecule is N/C(=N/O)c1cccn(CCOC(F)(F)F)c1=O. The minimum Gasteiger partial charge on any atom is -0.409 e. The molecule has 100 valence electrons. The summed E-state index contributed by atoms with van der Waals surface area (Å²) in [5, 5.41) is 11.1. The number of rotatable bonds is 4. The van der Waals surface area contributed by atoms with Crippen LogP contribution >= 0.6 is 0 Å². The molecule has 0 fully saturated rings. The Bertz CT molecular complexity index is 496. The highest BCUT2D eigenvalue weighted by atomic mass is 19.4. The summed E-state index contributed by atoms with van der Waals surface area (Å²) in [6.07, 6.45) is -3.47. The zero-order chi connectivity index (χ0) is 13.8. The first-order chi connectivity index (χ1) is 8.35. The highest BCUT2D eigenvalue weighted by Gasteiger charge is 2.28. The van der Waals surface area contributed by atoms with Crippen LogP contribution in [-0.2, 0) is 11.3 Å². The zero-order valence-corrected chi connectivity index (χ0v) is 9.02. The van der Waals surface area contributed by atoms with Crippen LogP contribution in [-0.4, -0.2) is 28.6 Å². The molecule has 0 aromatic carbocycles. The molecule has 0 saturated heterocycles. The number of oxime groups is 1. The molecule has 0 saturated carbocycles. The molecule has 1 heterocycles. The van der Waals surface area contributed by atoms with Gasteiger partial charge in [0.05, 0.1) is 12.2 Å². The molecule has 0 bridgehead atoms. The predicted octanol–water partition coefficient (Wildman–Crippen LogP) is 0.479. The van der Waals surface area contributed by atoms with Crippen LogP contribution in [0.2, 0.25) is 0 Å². The van der Waals surface area contributed by atoms with E-state index in [9.17, 15) is 18.0 Å². The smallest absolute Gasteiger partial charge is 0.409 e. The molecule has 1 aromatic heterocycles. The largest absolute Gasteiger partial charge is 0.522 e. The van der Waals surface area contributed by atoms with Crippen molar-refractivity contribution in [3.8, 4) is 0 Å². The van der Waals surface area contributed by atoms with Gasteiger partial charge >= 0.3 is 6.36 Å². The van der Waals surface area contributed by atoms with Crippen LogP contribution in [0.5, 0.6) is 0 Å². The van der Waals surface area contributed by atoms with Crippen LogP contribution in [0, 0.1) is 0 Å². The second-order valence-electron chi connectivity index (χ2n) is 3.20. The summed E-state index contributed by atoms with van der Waals surface area (Å²) in [5.74, 6) is -0.411. The van der Waals surface area contributed by atoms with Crippen LogP contribution in [0.15, 0.2) is 28.3 Å². The monoisotopic (exact) mass is 265 g/mol. The molecule has 0 amide bonds. The Morgan fingerprint density at radius 2 is 2.22 bits per heavy atom. The van der Waals surface area contributed by atoms with E-state index < -0.39 is 24.4 Å². The number of alkyl halides is 3. The van der Waals surface area contributed by atoms with E-state index in [1.807, 2.05) is 0 Å². The number of pyridine rings is 1. The van der Waals surface area contributed by atoms with E-state index in [1.165, 1.54) is 18.3 Å². The van der Waals surface area contributed by atoms with E-state index in [4.69, 9.17) is 10.9 Å². The first-order valence-electron chi connectivity index (χ1n) is 4.73. The molecule has 0 radical (unpaired) electrons. The summed E-state index contributed by atoms with van der Waals surface area (Å²) in [4.78, 5) is 11.7. The molecule has 18 heavy (non-hydrogen) atoms. The quantitative estimate of drug-likeness (QED) is 0.358. The number of nitrogens with two attached hydrogens (primary N) is 1. The highest BCUT2D eigenvalue weighted by Crippen LogP contribution is 2.15. The van der Waals surface area contributed by atoms with Gasteiger partial charge in [-0.3, -0.25) is 9.53 Å². The van der Waals surface area contributed by atoms with Crippen LogP contribution in [0.25, 0.3) is 0 Å². The van der Waals surface area contributed by atoms with Gasteiger partial charge in [-0.05, 0) is 12.1 Å². The third-order valence-corrected chi connectivity index (χ3v) is 2.00. The standard InChI is InChI=1S/C9H10F3N3O3/c10-9(11,12)18-5-4-15-3-1-2-6(8(15)16)7(13)14-17/h1-3,17H,4-5H2,(H2,13,14). The maximum Gasteiger partial charge on any atom is 0.522 e. The van der Waals surface area contributed by atoms with E-state index in [1.54, 1.807) is 0 Å². The molecule has 6 nitrogen and oxygen atoms in total. The molecule has 0 spiro atoms. The first kappa shape index (κ1) is 14.0. The number of halogens is 3. The molecule has 1 rings (SSSR count). The lowest BCUT2D eigenvalue weighted by Gasteiger charge is -2.09. The van der Waals surface area contributed by atoms with E-state index >= 15 is 0 Å². The van der Waals surface area contributed by atoms with Gasteiger partial charge in [0, 0.05) is 12.7 Å². The fourth-order valence-corrected chi connectivity index (χ4v) is 1.22. The van der Waals surface area contributed by atoms with Gasteiger partial charge < -0.3 is 15.5 Å². The van der Waals surface area contributed by atoms with Crippen molar-refractivity contribution in [2.24, 2.45) is 10.9 Å². The Morgan fingerprint density at radius 1 is 1.56 bits per heavy atom. The summed E-state index contributed by atoms with van der Waals surface area (Å²) in [6.45, 7) is -1.01. The van der Waals surface area contributed by atoms with Gasteiger partial charge in [0.1, 0.15) is 0 Å². The lowest BCUT2D eigenvalue weighted by Crippen LogP contribution is -2.31. The van der Waals surface area contributed by atoms with Crippen molar-refractivity contribution >= 4 is 5.84 Å². The number of aromatic nitrogens is 1. The van der Waals surface area contributed by atoms with E-state index in [0.717, 1.165) is 4.57 Å². The van der Waals surface area contributed by atoms with Gasteiger partial charge in [-0.25, -0.2) is 0 Å². The van der Waals surface area contributed by atoms with Gasteiger partial charge in [0.15, 0.2) is 5.84 Å². The third-order valence-electron chi connectivity index (χ3n) is 2.00. The third kappa shape index (κ3) is 3.77. The van der Waals surface area contributed by atoms with Crippen molar-refractivity contribution in [3.05, 3.63) is 34.2 Å². The Kier molecular flexibility index (Phi) is 4.32. The molecular formula is C9H10F3N3O3. The minimum atomic E-state index is -4.74.